The summed E-state index contributed by atoms with van der Waals surface area (Å²) in [5, 5.41) is 8.50. The average molecular weight is 244 g/mol. The molecular weight excluding hydrogens is 231 g/mol. The van der Waals surface area contributed by atoms with E-state index in [2.05, 4.69) is 0 Å². The fourth-order valence-electron chi connectivity index (χ4n) is 1.02. The van der Waals surface area contributed by atoms with E-state index in [4.69, 9.17) is 5.11 Å². The summed E-state index contributed by atoms with van der Waals surface area (Å²) >= 11 is 0. The van der Waals surface area contributed by atoms with E-state index in [1.54, 1.807) is 0 Å². The van der Waals surface area contributed by atoms with Crippen LogP contribution in [0.25, 0.3) is 0 Å². The Kier molecular flexibility index (Phi) is 4.87. The van der Waals surface area contributed by atoms with E-state index < -0.39 is 5.97 Å². The second kappa shape index (κ2) is 4.83. The predicted molar refractivity (Wildman–Crippen MR) is 44.1 cm³/mol. The molecule has 1 aliphatic carbocycles. The summed E-state index contributed by atoms with van der Waals surface area (Å²) in [4.78, 5) is 10.3. The zero-order chi connectivity index (χ0) is 6.69. The third-order valence-electron chi connectivity index (χ3n) is 1.62. The molecule has 0 bridgehead atoms. The first kappa shape index (κ1) is 10.1. The first-order valence-electron chi connectivity index (χ1n) is 3.18. The molecule has 0 fully saturated rings. The molecular formula is C7H13InO2. The van der Waals surface area contributed by atoms with Crippen LogP contribution in [-0.2, 0) is 4.79 Å². The normalized spacial score (nSPS) is 23.4. The van der Waals surface area contributed by atoms with Gasteiger partial charge < -0.3 is 5.11 Å². The summed E-state index contributed by atoms with van der Waals surface area (Å²) < 4.78 is 0. The van der Waals surface area contributed by atoms with E-state index >= 15 is 0 Å². The summed E-state index contributed by atoms with van der Waals surface area (Å²) in [7, 11) is 0. The molecule has 1 unspecified atom stereocenters. The van der Waals surface area contributed by atoms with Gasteiger partial charge >= 0.3 is 31.8 Å². The number of rotatable bonds is 1. The maximum atomic E-state index is 10.3. The Labute approximate surface area is 79.1 Å². The quantitative estimate of drug-likeness (QED) is 0.671. The van der Waals surface area contributed by atoms with Crippen LogP contribution in [0.15, 0.2) is 12.2 Å². The molecule has 10 heavy (non-hydrogen) atoms. The van der Waals surface area contributed by atoms with Gasteiger partial charge in [-0.15, -0.1) is 0 Å². The molecule has 0 radical (unpaired) electrons. The van der Waals surface area contributed by atoms with E-state index in [0.717, 1.165) is 19.3 Å². The molecule has 3 heteroatoms. The van der Waals surface area contributed by atoms with E-state index in [9.17, 15) is 4.79 Å². The number of aliphatic carboxylic acids is 1. The van der Waals surface area contributed by atoms with Gasteiger partial charge in [0.15, 0.2) is 0 Å². The molecule has 0 aromatic heterocycles. The van der Waals surface area contributed by atoms with Crippen molar-refractivity contribution >= 4 is 31.8 Å². The van der Waals surface area contributed by atoms with Gasteiger partial charge in [-0.3, -0.25) is 4.79 Å². The van der Waals surface area contributed by atoms with Crippen molar-refractivity contribution in [1.29, 1.82) is 0 Å². The Balaban J connectivity index is 0.000000810. The van der Waals surface area contributed by atoms with Gasteiger partial charge in [0.25, 0.3) is 0 Å². The zero-order valence-corrected chi connectivity index (χ0v) is 5.21. The summed E-state index contributed by atoms with van der Waals surface area (Å²) in [5.41, 5.74) is 0. The number of carboxylic acids is 1. The number of hydrogen-bond donors (Lipinski definition) is 1. The molecule has 1 aliphatic rings. The summed E-state index contributed by atoms with van der Waals surface area (Å²) in [5.74, 6) is -0.769. The Morgan fingerprint density at radius 1 is 1.50 bits per heavy atom. The Hall–Kier alpha value is 0.0801. The van der Waals surface area contributed by atoms with Crippen molar-refractivity contribution in [2.75, 3.05) is 0 Å². The Morgan fingerprint density at radius 3 is 2.50 bits per heavy atom. The van der Waals surface area contributed by atoms with E-state index in [1.165, 1.54) is 0 Å². The van der Waals surface area contributed by atoms with Crippen molar-refractivity contribution in [1.82, 2.24) is 0 Å². The van der Waals surface area contributed by atoms with Crippen LogP contribution in [0.1, 0.15) is 19.3 Å². The molecule has 1 atom stereocenters. The van der Waals surface area contributed by atoms with Crippen LogP contribution in [0.5, 0.6) is 0 Å². The fourth-order valence-corrected chi connectivity index (χ4v) is 1.02. The number of allylic oxidation sites excluding steroid dienone is 2. The summed E-state index contributed by atoms with van der Waals surface area (Å²) in [6, 6.07) is 0. The molecule has 0 heterocycles. The van der Waals surface area contributed by atoms with Crippen molar-refractivity contribution in [3.05, 3.63) is 12.2 Å². The van der Waals surface area contributed by atoms with Gasteiger partial charge in [0.2, 0.25) is 0 Å². The molecule has 0 aromatic carbocycles. The van der Waals surface area contributed by atoms with Crippen molar-refractivity contribution in [2.24, 2.45) is 5.92 Å². The van der Waals surface area contributed by atoms with Crippen LogP contribution < -0.4 is 0 Å². The van der Waals surface area contributed by atoms with Gasteiger partial charge in [0.05, 0.1) is 5.92 Å². The SMILES string of the molecule is O=C(O)C1CC=CCC1.[InH3]. The average Bonchev–Trinajstić information content (AvgIpc) is 1.90. The molecule has 0 aliphatic heterocycles. The van der Waals surface area contributed by atoms with Crippen LogP contribution in [0.4, 0.5) is 0 Å². The molecule has 0 aromatic rings. The van der Waals surface area contributed by atoms with E-state index in [1.807, 2.05) is 12.2 Å². The van der Waals surface area contributed by atoms with Crippen LogP contribution in [0.2, 0.25) is 0 Å². The first-order valence-corrected chi connectivity index (χ1v) is 3.18. The van der Waals surface area contributed by atoms with Gasteiger partial charge in [0, 0.05) is 0 Å². The van der Waals surface area contributed by atoms with Crippen molar-refractivity contribution in [3.63, 3.8) is 0 Å². The monoisotopic (exact) mass is 244 g/mol. The third kappa shape index (κ3) is 2.78. The maximum absolute atomic E-state index is 10.3. The molecule has 56 valence electrons. The second-order valence-corrected chi connectivity index (χ2v) is 2.32. The molecule has 0 amide bonds. The molecule has 0 saturated carbocycles. The molecule has 0 saturated heterocycles. The summed E-state index contributed by atoms with van der Waals surface area (Å²) in [6.45, 7) is 0. The fraction of sp³-hybridized carbons (Fsp3) is 0.571. The van der Waals surface area contributed by atoms with E-state index in [-0.39, 0.29) is 31.8 Å². The second-order valence-electron chi connectivity index (χ2n) is 2.32. The predicted octanol–water partition coefficient (Wildman–Crippen LogP) is 0.243. The minimum absolute atomic E-state index is 0. The zero-order valence-electron chi connectivity index (χ0n) is 5.21. The van der Waals surface area contributed by atoms with Crippen LogP contribution in [0.3, 0.4) is 0 Å². The topological polar surface area (TPSA) is 37.3 Å². The minimum atomic E-state index is -0.653. The molecule has 0 spiro atoms. The van der Waals surface area contributed by atoms with E-state index in [0.29, 0.717) is 0 Å². The van der Waals surface area contributed by atoms with Gasteiger partial charge in [-0.25, -0.2) is 0 Å². The van der Waals surface area contributed by atoms with Gasteiger partial charge in [-0.2, -0.15) is 0 Å². The summed E-state index contributed by atoms with van der Waals surface area (Å²) in [6.07, 6.45) is 6.44. The molecule has 2 nitrogen and oxygen atoms in total. The van der Waals surface area contributed by atoms with Crippen molar-refractivity contribution < 1.29 is 9.90 Å². The van der Waals surface area contributed by atoms with Crippen LogP contribution >= 0.6 is 0 Å². The van der Waals surface area contributed by atoms with Gasteiger partial charge in [0.1, 0.15) is 0 Å². The Bertz CT molecular complexity index is 143. The van der Waals surface area contributed by atoms with Gasteiger partial charge in [-0.1, -0.05) is 12.2 Å². The first-order chi connectivity index (χ1) is 4.30. The van der Waals surface area contributed by atoms with Crippen molar-refractivity contribution in [2.45, 2.75) is 19.3 Å². The molecule has 1 rings (SSSR count). The number of carbonyl (C=O) groups is 1. The third-order valence-corrected chi connectivity index (χ3v) is 1.62. The standard InChI is InChI=1S/C7H10O2.In.3H/c8-7(9)6-4-2-1-3-5-6;;;;/h1-2,6H,3-5H2,(H,8,9);;;;. The van der Waals surface area contributed by atoms with Crippen LogP contribution in [0, 0.1) is 5.92 Å². The van der Waals surface area contributed by atoms with Gasteiger partial charge in [-0.05, 0) is 19.3 Å². The Morgan fingerprint density at radius 2 is 2.20 bits per heavy atom. The van der Waals surface area contributed by atoms with Crippen molar-refractivity contribution in [3.8, 4) is 0 Å². The number of hydrogen-bond acceptors (Lipinski definition) is 1. The number of carboxylic acid groups (broad SMARTS) is 1. The molecule has 1 N–H and O–H groups in total. The van der Waals surface area contributed by atoms with Crippen LogP contribution in [-0.4, -0.2) is 36.9 Å².